The van der Waals surface area contributed by atoms with Crippen LogP contribution in [0.25, 0.3) is 0 Å². The molecule has 0 bridgehead atoms. The van der Waals surface area contributed by atoms with Crippen molar-refractivity contribution in [3.8, 4) is 5.75 Å². The molecule has 6 heteroatoms. The van der Waals surface area contributed by atoms with Crippen molar-refractivity contribution in [2.45, 2.75) is 38.8 Å². The predicted octanol–water partition coefficient (Wildman–Crippen LogP) is 1.25. The quantitative estimate of drug-likeness (QED) is 0.825. The van der Waals surface area contributed by atoms with E-state index in [9.17, 15) is 15.0 Å². The van der Waals surface area contributed by atoms with Crippen molar-refractivity contribution >= 4 is 5.91 Å². The maximum absolute atomic E-state index is 12.9. The molecular weight excluding hydrogens is 332 g/mol. The van der Waals surface area contributed by atoms with Crippen LogP contribution in [0.3, 0.4) is 0 Å². The first-order valence-corrected chi connectivity index (χ1v) is 9.58. The first-order chi connectivity index (χ1) is 12.6. The number of hydrogen-bond acceptors (Lipinski definition) is 5. The predicted molar refractivity (Wildman–Crippen MR) is 98.8 cm³/mol. The third-order valence-corrected chi connectivity index (χ3v) is 5.69. The summed E-state index contributed by atoms with van der Waals surface area (Å²) in [6.45, 7) is 5.23. The molecule has 1 aromatic carbocycles. The lowest BCUT2D eigenvalue weighted by Gasteiger charge is -2.45. The topological polar surface area (TPSA) is 73.2 Å². The number of carbonyl (C=O) groups excluding carboxylic acids is 1. The van der Waals surface area contributed by atoms with Crippen LogP contribution in [0.15, 0.2) is 24.3 Å². The highest BCUT2D eigenvalue weighted by atomic mass is 16.5. The second-order valence-corrected chi connectivity index (χ2v) is 7.56. The van der Waals surface area contributed by atoms with E-state index in [0.29, 0.717) is 45.8 Å². The molecule has 2 atom stereocenters. The third-order valence-electron chi connectivity index (χ3n) is 5.69. The lowest BCUT2D eigenvalue weighted by Crippen LogP contribution is -2.56. The molecule has 0 spiro atoms. The third kappa shape index (κ3) is 4.03. The van der Waals surface area contributed by atoms with Gasteiger partial charge in [-0.2, -0.15) is 0 Å². The molecule has 2 aliphatic heterocycles. The van der Waals surface area contributed by atoms with Gasteiger partial charge in [0.2, 0.25) is 5.91 Å². The van der Waals surface area contributed by atoms with Gasteiger partial charge in [-0.05, 0) is 18.9 Å². The highest BCUT2D eigenvalue weighted by Gasteiger charge is 2.43. The van der Waals surface area contributed by atoms with Gasteiger partial charge >= 0.3 is 0 Å². The summed E-state index contributed by atoms with van der Waals surface area (Å²) in [6.07, 6.45) is 1.58. The standard InChI is InChI=1S/C20H30N2O4/c1-2-8-20(15-23)14-22(9-7-18(20)24)19(25)13-21-10-11-26-17-6-4-3-5-16(17)12-21/h3-6,18,23-24H,2,7-15H2,1H3/t18-,20-/m0/s1. The minimum absolute atomic E-state index is 0.0604. The number of nitrogens with zero attached hydrogens (tertiary/aromatic N) is 2. The number of likely N-dealkylation sites (tertiary alicyclic amines) is 1. The number of rotatable bonds is 5. The van der Waals surface area contributed by atoms with Gasteiger partial charge in [0.15, 0.2) is 0 Å². The van der Waals surface area contributed by atoms with Gasteiger partial charge in [-0.3, -0.25) is 9.69 Å². The highest BCUT2D eigenvalue weighted by molar-refractivity contribution is 5.78. The van der Waals surface area contributed by atoms with Crippen molar-refractivity contribution in [2.75, 3.05) is 39.4 Å². The molecule has 0 unspecified atom stereocenters. The van der Waals surface area contributed by atoms with E-state index in [0.717, 1.165) is 24.2 Å². The summed E-state index contributed by atoms with van der Waals surface area (Å²) in [7, 11) is 0. The average molecular weight is 362 g/mol. The number of hydrogen-bond donors (Lipinski definition) is 2. The van der Waals surface area contributed by atoms with E-state index in [2.05, 4.69) is 4.90 Å². The number of carbonyl (C=O) groups is 1. The van der Waals surface area contributed by atoms with Gasteiger partial charge < -0.3 is 19.8 Å². The molecule has 1 saturated heterocycles. The molecular formula is C20H30N2O4. The highest BCUT2D eigenvalue weighted by Crippen LogP contribution is 2.34. The Morgan fingerprint density at radius 1 is 1.35 bits per heavy atom. The van der Waals surface area contributed by atoms with Crippen molar-refractivity contribution in [1.82, 2.24) is 9.80 Å². The van der Waals surface area contributed by atoms with Gasteiger partial charge in [0.05, 0.1) is 19.3 Å². The lowest BCUT2D eigenvalue weighted by molar-refractivity contribution is -0.143. The summed E-state index contributed by atoms with van der Waals surface area (Å²) < 4.78 is 5.77. The van der Waals surface area contributed by atoms with Crippen LogP contribution in [0.4, 0.5) is 0 Å². The first kappa shape index (κ1) is 19.1. The Labute approximate surface area is 155 Å². The van der Waals surface area contributed by atoms with Crippen LogP contribution in [0.2, 0.25) is 0 Å². The number of ether oxygens (including phenoxy) is 1. The van der Waals surface area contributed by atoms with Gasteiger partial charge in [-0.25, -0.2) is 0 Å². The molecule has 6 nitrogen and oxygen atoms in total. The zero-order chi connectivity index (χ0) is 18.6. The lowest BCUT2D eigenvalue weighted by atomic mass is 9.74. The Morgan fingerprint density at radius 3 is 2.92 bits per heavy atom. The molecule has 3 rings (SSSR count). The molecule has 0 radical (unpaired) electrons. The van der Waals surface area contributed by atoms with Crippen molar-refractivity contribution in [3.05, 3.63) is 29.8 Å². The Kier molecular flexibility index (Phi) is 6.16. The molecule has 0 saturated carbocycles. The van der Waals surface area contributed by atoms with Crippen molar-refractivity contribution in [1.29, 1.82) is 0 Å². The van der Waals surface area contributed by atoms with Gasteiger partial charge in [-0.1, -0.05) is 31.5 Å². The van der Waals surface area contributed by atoms with E-state index >= 15 is 0 Å². The molecule has 1 aromatic rings. The second-order valence-electron chi connectivity index (χ2n) is 7.56. The molecule has 2 heterocycles. The van der Waals surface area contributed by atoms with Crippen LogP contribution in [-0.2, 0) is 11.3 Å². The van der Waals surface area contributed by atoms with E-state index in [4.69, 9.17) is 4.74 Å². The van der Waals surface area contributed by atoms with Crippen LogP contribution in [-0.4, -0.2) is 71.4 Å². The van der Waals surface area contributed by atoms with Crippen molar-refractivity contribution in [3.63, 3.8) is 0 Å². The van der Waals surface area contributed by atoms with Gasteiger partial charge in [-0.15, -0.1) is 0 Å². The number of para-hydroxylation sites is 1. The van der Waals surface area contributed by atoms with E-state index < -0.39 is 11.5 Å². The van der Waals surface area contributed by atoms with Crippen LogP contribution in [0, 0.1) is 5.41 Å². The summed E-state index contributed by atoms with van der Waals surface area (Å²) in [6, 6.07) is 7.95. The number of aliphatic hydroxyl groups is 2. The fraction of sp³-hybridized carbons (Fsp3) is 0.650. The zero-order valence-corrected chi connectivity index (χ0v) is 15.6. The molecule has 144 valence electrons. The number of aliphatic hydroxyl groups excluding tert-OH is 2. The summed E-state index contributed by atoms with van der Waals surface area (Å²) in [5.74, 6) is 0.955. The monoisotopic (exact) mass is 362 g/mol. The Balaban J connectivity index is 1.64. The average Bonchev–Trinajstić information content (AvgIpc) is 2.85. The molecule has 1 amide bonds. The molecule has 2 aliphatic rings. The molecule has 0 aromatic heterocycles. The first-order valence-electron chi connectivity index (χ1n) is 9.58. The van der Waals surface area contributed by atoms with E-state index in [1.165, 1.54) is 0 Å². The number of amides is 1. The minimum atomic E-state index is -0.586. The number of piperidine rings is 1. The Hall–Kier alpha value is -1.63. The number of fused-ring (bicyclic) bond motifs is 1. The van der Waals surface area contributed by atoms with Crippen LogP contribution >= 0.6 is 0 Å². The van der Waals surface area contributed by atoms with E-state index in [-0.39, 0.29) is 12.5 Å². The van der Waals surface area contributed by atoms with E-state index in [1.807, 2.05) is 36.1 Å². The normalized spacial score (nSPS) is 26.7. The van der Waals surface area contributed by atoms with Crippen molar-refractivity contribution < 1.29 is 19.7 Å². The van der Waals surface area contributed by atoms with Gasteiger partial charge in [0, 0.05) is 37.2 Å². The zero-order valence-electron chi connectivity index (χ0n) is 15.6. The smallest absolute Gasteiger partial charge is 0.236 e. The fourth-order valence-electron chi connectivity index (χ4n) is 4.15. The Bertz CT molecular complexity index is 624. The molecule has 2 N–H and O–H groups in total. The van der Waals surface area contributed by atoms with Crippen LogP contribution < -0.4 is 4.74 Å². The largest absolute Gasteiger partial charge is 0.492 e. The van der Waals surface area contributed by atoms with Crippen LogP contribution in [0.1, 0.15) is 31.7 Å². The Morgan fingerprint density at radius 2 is 2.15 bits per heavy atom. The summed E-state index contributed by atoms with van der Waals surface area (Å²) in [5.41, 5.74) is 0.513. The maximum atomic E-state index is 12.9. The summed E-state index contributed by atoms with van der Waals surface area (Å²) >= 11 is 0. The minimum Gasteiger partial charge on any atom is -0.492 e. The van der Waals surface area contributed by atoms with Gasteiger partial charge in [0.1, 0.15) is 12.4 Å². The molecule has 0 aliphatic carbocycles. The summed E-state index contributed by atoms with van der Waals surface area (Å²) in [4.78, 5) is 16.8. The van der Waals surface area contributed by atoms with E-state index in [1.54, 1.807) is 0 Å². The fourth-order valence-corrected chi connectivity index (χ4v) is 4.15. The van der Waals surface area contributed by atoms with Gasteiger partial charge in [0.25, 0.3) is 0 Å². The van der Waals surface area contributed by atoms with Crippen molar-refractivity contribution in [2.24, 2.45) is 5.41 Å². The molecule has 26 heavy (non-hydrogen) atoms. The van der Waals surface area contributed by atoms with Crippen LogP contribution in [0.5, 0.6) is 5.75 Å². The maximum Gasteiger partial charge on any atom is 0.236 e. The SMILES string of the molecule is CCC[C@@]1(CO)CN(C(=O)CN2CCOc3ccccc3C2)CC[C@@H]1O. The molecule has 1 fully saturated rings. The number of benzene rings is 1. The summed E-state index contributed by atoms with van der Waals surface area (Å²) in [5, 5.41) is 20.3. The second kappa shape index (κ2) is 8.37.